The SMILES string of the molecule is C=CCOCCSCCSCC(CSCCOCC=C)SCCSCCOCC=C. The maximum Gasteiger partial charge on any atom is 0.0645 e. The van der Waals surface area contributed by atoms with Crippen LogP contribution in [0, 0.1) is 0 Å². The Hall–Kier alpha value is 0.850. The quantitative estimate of drug-likeness (QED) is 0.109. The molecule has 0 aromatic rings. The Labute approximate surface area is 206 Å². The van der Waals surface area contributed by atoms with Crippen molar-refractivity contribution >= 4 is 58.8 Å². The number of thioether (sulfide) groups is 5. The Morgan fingerprint density at radius 1 is 0.533 bits per heavy atom. The van der Waals surface area contributed by atoms with Crippen LogP contribution >= 0.6 is 58.8 Å². The van der Waals surface area contributed by atoms with Crippen LogP contribution in [-0.2, 0) is 14.2 Å². The van der Waals surface area contributed by atoms with Crippen LogP contribution in [0.25, 0.3) is 0 Å². The number of ether oxygens (including phenoxy) is 3. The van der Waals surface area contributed by atoms with Crippen LogP contribution in [-0.4, -0.2) is 96.7 Å². The second-order valence-electron chi connectivity index (χ2n) is 5.96. The van der Waals surface area contributed by atoms with Gasteiger partial charge in [0.15, 0.2) is 0 Å². The summed E-state index contributed by atoms with van der Waals surface area (Å²) < 4.78 is 16.3. The van der Waals surface area contributed by atoms with Gasteiger partial charge in [-0.2, -0.15) is 58.8 Å². The van der Waals surface area contributed by atoms with E-state index in [0.29, 0.717) is 25.1 Å². The van der Waals surface area contributed by atoms with E-state index in [-0.39, 0.29) is 0 Å². The molecule has 8 heteroatoms. The third kappa shape index (κ3) is 25.1. The molecule has 1 atom stereocenters. The predicted molar refractivity (Wildman–Crippen MR) is 149 cm³/mol. The van der Waals surface area contributed by atoms with E-state index in [1.54, 1.807) is 12.2 Å². The summed E-state index contributed by atoms with van der Waals surface area (Å²) in [7, 11) is 0. The van der Waals surface area contributed by atoms with Crippen LogP contribution < -0.4 is 0 Å². The fourth-order valence-corrected chi connectivity index (χ4v) is 7.86. The number of hydrogen-bond donors (Lipinski definition) is 0. The Morgan fingerprint density at radius 3 is 1.43 bits per heavy atom. The topological polar surface area (TPSA) is 27.7 Å². The van der Waals surface area contributed by atoms with Crippen LogP contribution in [0.5, 0.6) is 0 Å². The first-order chi connectivity index (χ1) is 14.8. The Kier molecular flexibility index (Phi) is 28.7. The molecule has 0 bridgehead atoms. The van der Waals surface area contributed by atoms with Gasteiger partial charge in [-0.1, -0.05) is 18.2 Å². The zero-order chi connectivity index (χ0) is 22.0. The second-order valence-corrected chi connectivity index (χ2v) is 12.1. The standard InChI is InChI=1S/C22H40O3S5/c1-4-7-23-10-13-26-16-17-29-21-22(20-28-15-12-25-9-6-3)30-19-18-27-14-11-24-8-5-2/h4-6,22H,1-3,7-21H2. The molecule has 0 spiro atoms. The average Bonchev–Trinajstić information content (AvgIpc) is 2.76. The lowest BCUT2D eigenvalue weighted by atomic mass is 10.5. The minimum Gasteiger partial charge on any atom is -0.377 e. The fraction of sp³-hybridized carbons (Fsp3) is 0.727. The van der Waals surface area contributed by atoms with Gasteiger partial charge in [0.25, 0.3) is 0 Å². The summed E-state index contributed by atoms with van der Waals surface area (Å²) in [5.74, 6) is 10.4. The van der Waals surface area contributed by atoms with Gasteiger partial charge in [0.2, 0.25) is 0 Å². The maximum absolute atomic E-state index is 5.49. The summed E-state index contributed by atoms with van der Waals surface area (Å²) in [5.41, 5.74) is 0. The zero-order valence-corrected chi connectivity index (χ0v) is 22.4. The lowest BCUT2D eigenvalue weighted by Gasteiger charge is -2.16. The molecular weight excluding hydrogens is 473 g/mol. The second kappa shape index (κ2) is 27.9. The molecule has 0 heterocycles. The van der Waals surface area contributed by atoms with Crippen molar-refractivity contribution in [2.24, 2.45) is 0 Å². The van der Waals surface area contributed by atoms with Gasteiger partial charge in [0.1, 0.15) is 0 Å². The van der Waals surface area contributed by atoms with Crippen molar-refractivity contribution in [1.82, 2.24) is 0 Å². The molecule has 176 valence electrons. The zero-order valence-electron chi connectivity index (χ0n) is 18.3. The minimum atomic E-state index is 0.651. The monoisotopic (exact) mass is 512 g/mol. The van der Waals surface area contributed by atoms with E-state index >= 15 is 0 Å². The largest absolute Gasteiger partial charge is 0.377 e. The average molecular weight is 513 g/mol. The van der Waals surface area contributed by atoms with E-state index in [2.05, 4.69) is 43.3 Å². The molecule has 0 aliphatic carbocycles. The summed E-state index contributed by atoms with van der Waals surface area (Å²) in [6, 6.07) is 0. The molecule has 0 fully saturated rings. The first-order valence-corrected chi connectivity index (χ1v) is 16.0. The van der Waals surface area contributed by atoms with Crippen molar-refractivity contribution < 1.29 is 14.2 Å². The third-order valence-electron chi connectivity index (χ3n) is 3.38. The van der Waals surface area contributed by atoms with Gasteiger partial charge in [0, 0.05) is 57.0 Å². The van der Waals surface area contributed by atoms with Gasteiger partial charge < -0.3 is 14.2 Å². The molecule has 0 aliphatic rings. The van der Waals surface area contributed by atoms with Crippen LogP contribution in [0.15, 0.2) is 38.0 Å². The van der Waals surface area contributed by atoms with Gasteiger partial charge in [-0.05, 0) is 0 Å². The lowest BCUT2D eigenvalue weighted by molar-refractivity contribution is 0.180. The Morgan fingerprint density at radius 2 is 0.933 bits per heavy atom. The molecule has 0 N–H and O–H groups in total. The normalized spacial score (nSPS) is 12.0. The molecule has 1 unspecified atom stereocenters. The smallest absolute Gasteiger partial charge is 0.0645 e. The van der Waals surface area contributed by atoms with E-state index in [9.17, 15) is 0 Å². The van der Waals surface area contributed by atoms with Gasteiger partial charge >= 0.3 is 0 Å². The van der Waals surface area contributed by atoms with Crippen molar-refractivity contribution in [3.8, 4) is 0 Å². The van der Waals surface area contributed by atoms with E-state index in [1.165, 1.54) is 34.5 Å². The van der Waals surface area contributed by atoms with Crippen LogP contribution in [0.3, 0.4) is 0 Å². The van der Waals surface area contributed by atoms with Gasteiger partial charge in [-0.25, -0.2) is 0 Å². The molecule has 0 saturated carbocycles. The first kappa shape index (κ1) is 30.9. The van der Waals surface area contributed by atoms with Crippen molar-refractivity contribution in [3.63, 3.8) is 0 Å². The van der Waals surface area contributed by atoms with Crippen LogP contribution in [0.2, 0.25) is 0 Å². The molecule has 0 rings (SSSR count). The molecule has 0 aliphatic heterocycles. The van der Waals surface area contributed by atoms with Crippen LogP contribution in [0.1, 0.15) is 0 Å². The van der Waals surface area contributed by atoms with Gasteiger partial charge in [-0.3, -0.25) is 0 Å². The molecule has 0 amide bonds. The minimum absolute atomic E-state index is 0.651. The summed E-state index contributed by atoms with van der Waals surface area (Å²) in [4.78, 5) is 0. The van der Waals surface area contributed by atoms with Crippen molar-refractivity contribution in [2.75, 3.05) is 91.4 Å². The molecule has 0 aromatic carbocycles. The molecule has 0 aromatic heterocycles. The molecular formula is C22H40O3S5. The highest BCUT2D eigenvalue weighted by Crippen LogP contribution is 2.23. The maximum atomic E-state index is 5.49. The number of rotatable bonds is 26. The lowest BCUT2D eigenvalue weighted by Crippen LogP contribution is -2.13. The fourth-order valence-electron chi connectivity index (χ4n) is 2.02. The number of hydrogen-bond acceptors (Lipinski definition) is 8. The van der Waals surface area contributed by atoms with Crippen molar-refractivity contribution in [3.05, 3.63) is 38.0 Å². The first-order valence-electron chi connectivity index (χ1n) is 10.3. The summed E-state index contributed by atoms with van der Waals surface area (Å²) in [6.45, 7) is 15.4. The highest BCUT2D eigenvalue weighted by atomic mass is 32.2. The summed E-state index contributed by atoms with van der Waals surface area (Å²) in [6.07, 6.45) is 5.42. The highest BCUT2D eigenvalue weighted by Gasteiger charge is 2.10. The summed E-state index contributed by atoms with van der Waals surface area (Å²) in [5, 5.41) is 0.706. The van der Waals surface area contributed by atoms with E-state index in [1.807, 2.05) is 41.4 Å². The molecule has 0 radical (unpaired) electrons. The summed E-state index contributed by atoms with van der Waals surface area (Å²) >= 11 is 10.2. The van der Waals surface area contributed by atoms with Crippen molar-refractivity contribution in [2.45, 2.75) is 5.25 Å². The van der Waals surface area contributed by atoms with Gasteiger partial charge in [-0.15, -0.1) is 19.7 Å². The van der Waals surface area contributed by atoms with Gasteiger partial charge in [0.05, 0.1) is 39.6 Å². The van der Waals surface area contributed by atoms with Crippen molar-refractivity contribution in [1.29, 1.82) is 0 Å². The highest BCUT2D eigenvalue weighted by molar-refractivity contribution is 8.06. The van der Waals surface area contributed by atoms with E-state index < -0.39 is 0 Å². The Bertz CT molecular complexity index is 386. The van der Waals surface area contributed by atoms with E-state index in [0.717, 1.165) is 37.1 Å². The molecule has 3 nitrogen and oxygen atoms in total. The predicted octanol–water partition coefficient (Wildman–Crippen LogP) is 5.63. The third-order valence-corrected chi connectivity index (χ3v) is 9.69. The molecule has 30 heavy (non-hydrogen) atoms. The van der Waals surface area contributed by atoms with E-state index in [4.69, 9.17) is 14.2 Å². The Balaban J connectivity index is 3.82. The van der Waals surface area contributed by atoms with Crippen LogP contribution in [0.4, 0.5) is 0 Å². The molecule has 0 saturated heterocycles.